The van der Waals surface area contributed by atoms with Crippen LogP contribution in [0, 0.1) is 0 Å². The summed E-state index contributed by atoms with van der Waals surface area (Å²) in [6.45, 7) is 5.28. The number of rotatable bonds is 8. The van der Waals surface area contributed by atoms with Gasteiger partial charge in [0.15, 0.2) is 23.0 Å². The van der Waals surface area contributed by atoms with E-state index in [2.05, 4.69) is 4.98 Å². The van der Waals surface area contributed by atoms with Crippen LogP contribution in [0.3, 0.4) is 0 Å². The highest BCUT2D eigenvalue weighted by Crippen LogP contribution is 2.47. The molecular formula is C31H30N2O7. The van der Waals surface area contributed by atoms with Gasteiger partial charge >= 0.3 is 5.97 Å². The molecule has 0 bridgehead atoms. The van der Waals surface area contributed by atoms with Crippen molar-refractivity contribution in [2.45, 2.75) is 44.7 Å². The number of carbonyl (C=O) groups excluding carboxylic acids is 1. The number of aromatic amines is 1. The number of carboxylic acids is 1. The molecule has 40 heavy (non-hydrogen) atoms. The first-order valence-electron chi connectivity index (χ1n) is 13.1. The van der Waals surface area contributed by atoms with E-state index < -0.39 is 16.9 Å². The van der Waals surface area contributed by atoms with Crippen LogP contribution < -0.4 is 18.9 Å². The largest absolute Gasteiger partial charge is 0.479 e. The van der Waals surface area contributed by atoms with Crippen molar-refractivity contribution < 1.29 is 33.6 Å². The second-order valence-corrected chi connectivity index (χ2v) is 10.6. The molecule has 6 rings (SSSR count). The molecule has 4 aromatic rings. The summed E-state index contributed by atoms with van der Waals surface area (Å²) >= 11 is 0. The predicted molar refractivity (Wildman–Crippen MR) is 147 cm³/mol. The number of ether oxygens (including phenoxy) is 4. The molecule has 0 saturated carbocycles. The van der Waals surface area contributed by atoms with Crippen LogP contribution in [0.4, 0.5) is 0 Å². The quantitative estimate of drug-likeness (QED) is 0.322. The van der Waals surface area contributed by atoms with Crippen LogP contribution in [0.2, 0.25) is 0 Å². The van der Waals surface area contributed by atoms with E-state index >= 15 is 0 Å². The molecule has 2 aliphatic rings. The van der Waals surface area contributed by atoms with Crippen molar-refractivity contribution in [3.05, 3.63) is 83.6 Å². The summed E-state index contributed by atoms with van der Waals surface area (Å²) < 4.78 is 22.1. The summed E-state index contributed by atoms with van der Waals surface area (Å²) in [6.07, 6.45) is 2.16. The number of H-pyrrole nitrogens is 1. The molecular weight excluding hydrogens is 512 g/mol. The summed E-state index contributed by atoms with van der Waals surface area (Å²) in [7, 11) is 0. The van der Waals surface area contributed by atoms with Crippen molar-refractivity contribution in [3.63, 3.8) is 0 Å². The number of hydrogen-bond donors (Lipinski definition) is 2. The van der Waals surface area contributed by atoms with Crippen LogP contribution in [-0.2, 0) is 28.0 Å². The Morgan fingerprint density at radius 1 is 0.875 bits per heavy atom. The van der Waals surface area contributed by atoms with Crippen LogP contribution >= 0.6 is 0 Å². The van der Waals surface area contributed by atoms with Crippen molar-refractivity contribution in [2.24, 2.45) is 0 Å². The number of fused-ring (bicyclic) bond motifs is 3. The van der Waals surface area contributed by atoms with Crippen LogP contribution in [0.15, 0.2) is 66.9 Å². The molecule has 0 radical (unpaired) electrons. The van der Waals surface area contributed by atoms with E-state index in [0.717, 1.165) is 27.6 Å². The smallest absolute Gasteiger partial charge is 0.330 e. The Morgan fingerprint density at radius 2 is 1.48 bits per heavy atom. The zero-order valence-corrected chi connectivity index (χ0v) is 22.5. The Kier molecular flexibility index (Phi) is 6.09. The van der Waals surface area contributed by atoms with Gasteiger partial charge in [-0.25, -0.2) is 4.79 Å². The Morgan fingerprint density at radius 3 is 2.12 bits per heavy atom. The second-order valence-electron chi connectivity index (χ2n) is 10.6. The van der Waals surface area contributed by atoms with Crippen LogP contribution in [0.1, 0.15) is 37.5 Å². The zero-order chi connectivity index (χ0) is 28.1. The van der Waals surface area contributed by atoms with E-state index in [0.29, 0.717) is 29.4 Å². The van der Waals surface area contributed by atoms with Gasteiger partial charge in [0.05, 0.1) is 0 Å². The first-order valence-corrected chi connectivity index (χ1v) is 13.1. The normalized spacial score (nSPS) is 16.4. The molecule has 3 aromatic carbocycles. The lowest BCUT2D eigenvalue weighted by molar-refractivity contribution is -0.164. The highest BCUT2D eigenvalue weighted by molar-refractivity contribution is 5.91. The fourth-order valence-corrected chi connectivity index (χ4v) is 5.97. The number of para-hydroxylation sites is 1. The van der Waals surface area contributed by atoms with Gasteiger partial charge in [-0.3, -0.25) is 4.79 Å². The SMILES string of the molecule is CC(=O)N(Cc1ccc2c(c1)OCO2)[C@@](C)(C(=O)O)C(C)(Cc1ccc2c(c1)OCO2)c1c[nH]c2ccccc12. The molecule has 2 N–H and O–H groups in total. The van der Waals surface area contributed by atoms with E-state index in [1.165, 1.54) is 11.8 Å². The molecule has 2 aliphatic heterocycles. The molecule has 0 saturated heterocycles. The lowest BCUT2D eigenvalue weighted by Crippen LogP contribution is -2.65. The predicted octanol–water partition coefficient (Wildman–Crippen LogP) is 5.02. The van der Waals surface area contributed by atoms with E-state index in [9.17, 15) is 14.7 Å². The minimum atomic E-state index is -1.68. The molecule has 9 nitrogen and oxygen atoms in total. The summed E-state index contributed by atoms with van der Waals surface area (Å²) in [5.74, 6) is 0.964. The summed E-state index contributed by atoms with van der Waals surface area (Å²) in [6, 6.07) is 18.8. The molecule has 206 valence electrons. The monoisotopic (exact) mass is 542 g/mol. The Labute approximate surface area is 231 Å². The van der Waals surface area contributed by atoms with Gasteiger partial charge in [0.25, 0.3) is 0 Å². The first-order chi connectivity index (χ1) is 19.2. The molecule has 0 spiro atoms. The Balaban J connectivity index is 1.51. The summed E-state index contributed by atoms with van der Waals surface area (Å²) in [5, 5.41) is 11.9. The third kappa shape index (κ3) is 4.00. The van der Waals surface area contributed by atoms with Gasteiger partial charge in [-0.05, 0) is 60.4 Å². The number of nitrogens with one attached hydrogen (secondary N) is 1. The highest BCUT2D eigenvalue weighted by atomic mass is 16.7. The van der Waals surface area contributed by atoms with E-state index in [-0.39, 0.29) is 26.0 Å². The van der Waals surface area contributed by atoms with E-state index in [1.807, 2.05) is 61.7 Å². The second kappa shape index (κ2) is 9.51. The van der Waals surface area contributed by atoms with Gasteiger partial charge < -0.3 is 33.9 Å². The van der Waals surface area contributed by atoms with Crippen molar-refractivity contribution in [1.29, 1.82) is 0 Å². The molecule has 3 heterocycles. The highest BCUT2D eigenvalue weighted by Gasteiger charge is 2.57. The lowest BCUT2D eigenvalue weighted by Gasteiger charge is -2.50. The van der Waals surface area contributed by atoms with Gasteiger partial charge in [0.1, 0.15) is 5.54 Å². The average molecular weight is 543 g/mol. The number of hydrogen-bond acceptors (Lipinski definition) is 6. The summed E-state index contributed by atoms with van der Waals surface area (Å²) in [4.78, 5) is 31.6. The third-order valence-corrected chi connectivity index (χ3v) is 8.37. The van der Waals surface area contributed by atoms with Gasteiger partial charge in [-0.1, -0.05) is 37.3 Å². The molecule has 0 fully saturated rings. The lowest BCUT2D eigenvalue weighted by atomic mass is 9.63. The van der Waals surface area contributed by atoms with Crippen molar-refractivity contribution in [3.8, 4) is 23.0 Å². The van der Waals surface area contributed by atoms with Crippen molar-refractivity contribution in [1.82, 2.24) is 9.88 Å². The van der Waals surface area contributed by atoms with Crippen LogP contribution in [0.25, 0.3) is 10.9 Å². The minimum absolute atomic E-state index is 0.0634. The Hall–Kier alpha value is -4.66. The third-order valence-electron chi connectivity index (χ3n) is 8.37. The van der Waals surface area contributed by atoms with Gasteiger partial charge in [-0.2, -0.15) is 0 Å². The fourth-order valence-electron chi connectivity index (χ4n) is 5.97. The Bertz CT molecular complexity index is 1630. The van der Waals surface area contributed by atoms with Crippen molar-refractivity contribution in [2.75, 3.05) is 13.6 Å². The molecule has 0 aliphatic carbocycles. The van der Waals surface area contributed by atoms with Gasteiger partial charge in [-0.15, -0.1) is 0 Å². The van der Waals surface area contributed by atoms with E-state index in [1.54, 1.807) is 19.1 Å². The van der Waals surface area contributed by atoms with E-state index in [4.69, 9.17) is 18.9 Å². The zero-order valence-electron chi connectivity index (χ0n) is 22.5. The maximum atomic E-state index is 13.5. The summed E-state index contributed by atoms with van der Waals surface area (Å²) in [5.41, 5.74) is 0.479. The number of aromatic nitrogens is 1. The maximum Gasteiger partial charge on any atom is 0.330 e. The van der Waals surface area contributed by atoms with Crippen LogP contribution in [0.5, 0.6) is 23.0 Å². The molecule has 1 amide bonds. The standard InChI is InChI=1S/C31H30N2O7/c1-19(34)33(16-21-9-11-26-28(13-21)40-18-38-26)31(3,29(35)36)30(2,23-15-32-24-7-5-4-6-22(23)24)14-20-8-10-25-27(12-20)39-17-37-25/h4-13,15,32H,14,16-18H2,1-3H3,(H,35,36)/t30?,31-/m0/s1. The molecule has 1 unspecified atom stereocenters. The van der Waals surface area contributed by atoms with Crippen LogP contribution in [-0.4, -0.2) is 46.0 Å². The first kappa shape index (κ1) is 25.6. The number of amides is 1. The maximum absolute atomic E-state index is 13.5. The molecule has 1 aromatic heterocycles. The molecule has 9 heteroatoms. The van der Waals surface area contributed by atoms with Gasteiger partial charge in [0.2, 0.25) is 19.5 Å². The average Bonchev–Trinajstić information content (AvgIpc) is 3.69. The van der Waals surface area contributed by atoms with Gasteiger partial charge in [0, 0.05) is 36.0 Å². The molecule has 2 atom stereocenters. The number of nitrogens with zero attached hydrogens (tertiary/aromatic N) is 1. The number of carbonyl (C=O) groups is 2. The number of carboxylic acid groups (broad SMARTS) is 1. The minimum Gasteiger partial charge on any atom is -0.479 e. The fraction of sp³-hybridized carbons (Fsp3) is 0.290. The number of benzene rings is 3. The van der Waals surface area contributed by atoms with Crippen molar-refractivity contribution >= 4 is 22.8 Å². The number of aliphatic carboxylic acids is 1. The topological polar surface area (TPSA) is 110 Å².